The maximum atomic E-state index is 3.84. The van der Waals surface area contributed by atoms with Crippen molar-refractivity contribution in [2.75, 3.05) is 13.1 Å². The highest BCUT2D eigenvalue weighted by molar-refractivity contribution is 4.88. The molecule has 7 heavy (non-hydrogen) atoms. The van der Waals surface area contributed by atoms with Crippen LogP contribution in [0.5, 0.6) is 0 Å². The van der Waals surface area contributed by atoms with Crippen LogP contribution < -0.4 is 5.32 Å². The van der Waals surface area contributed by atoms with Crippen molar-refractivity contribution in [1.82, 2.24) is 5.32 Å². The van der Waals surface area contributed by atoms with Crippen LogP contribution in [0.1, 0.15) is 13.3 Å². The van der Waals surface area contributed by atoms with Gasteiger partial charge in [0.25, 0.3) is 0 Å². The molecule has 0 aromatic heterocycles. The lowest BCUT2D eigenvalue weighted by Gasteiger charge is -2.38. The first-order valence-electron chi connectivity index (χ1n) is 2.77. The molecule has 1 fully saturated rings. The Morgan fingerprint density at radius 1 is 1.71 bits per heavy atom. The van der Waals surface area contributed by atoms with Crippen LogP contribution in [0.25, 0.3) is 0 Å². The lowest BCUT2D eigenvalue weighted by molar-refractivity contribution is 0.199. The van der Waals surface area contributed by atoms with Gasteiger partial charge in [0, 0.05) is 13.1 Å². The van der Waals surface area contributed by atoms with Gasteiger partial charge >= 0.3 is 0 Å². The molecular weight excluding hydrogens is 86.1 g/mol. The molecule has 0 atom stereocenters. The van der Waals surface area contributed by atoms with Crippen molar-refractivity contribution in [2.24, 2.45) is 5.41 Å². The minimum Gasteiger partial charge on any atom is -0.316 e. The van der Waals surface area contributed by atoms with Gasteiger partial charge in [0.15, 0.2) is 0 Å². The molecule has 1 N–H and O–H groups in total. The van der Waals surface area contributed by atoms with Crippen LogP contribution in [0.2, 0.25) is 0 Å². The van der Waals surface area contributed by atoms with Crippen molar-refractivity contribution in [3.05, 3.63) is 6.92 Å². The van der Waals surface area contributed by atoms with Crippen LogP contribution in [0.4, 0.5) is 0 Å². The Morgan fingerprint density at radius 3 is 2.29 bits per heavy atom. The monoisotopic (exact) mass is 98.1 g/mol. The molecule has 1 nitrogen and oxygen atoms in total. The molecular formula is C6H12N. The minimum atomic E-state index is 0.542. The molecule has 0 aliphatic carbocycles. The molecule has 1 rings (SSSR count). The van der Waals surface area contributed by atoms with E-state index >= 15 is 0 Å². The number of nitrogens with one attached hydrogen (secondary N) is 1. The van der Waals surface area contributed by atoms with E-state index < -0.39 is 0 Å². The highest BCUT2D eigenvalue weighted by atomic mass is 15.0. The predicted octanol–water partition coefficient (Wildman–Crippen LogP) is 0.820. The summed E-state index contributed by atoms with van der Waals surface area (Å²) in [5.41, 5.74) is 0.542. The molecule has 0 aromatic carbocycles. The van der Waals surface area contributed by atoms with Crippen molar-refractivity contribution in [2.45, 2.75) is 13.3 Å². The van der Waals surface area contributed by atoms with Gasteiger partial charge in [-0.25, -0.2) is 0 Å². The third-order valence-corrected chi connectivity index (χ3v) is 1.71. The molecule has 0 spiro atoms. The Bertz CT molecular complexity index is 59.1. The first-order chi connectivity index (χ1) is 3.27. The molecule has 0 bridgehead atoms. The first-order valence-corrected chi connectivity index (χ1v) is 2.77. The number of hydrogen-bond acceptors (Lipinski definition) is 1. The molecule has 0 amide bonds. The van der Waals surface area contributed by atoms with Crippen LogP contribution in [0, 0.1) is 12.3 Å². The minimum absolute atomic E-state index is 0.542. The topological polar surface area (TPSA) is 12.0 Å². The van der Waals surface area contributed by atoms with E-state index in [1.54, 1.807) is 0 Å². The van der Waals surface area contributed by atoms with Crippen LogP contribution in [0.3, 0.4) is 0 Å². The zero-order valence-corrected chi connectivity index (χ0v) is 4.83. The van der Waals surface area contributed by atoms with E-state index in [1.807, 2.05) is 0 Å². The molecule has 0 saturated carbocycles. The second kappa shape index (κ2) is 1.48. The largest absolute Gasteiger partial charge is 0.316 e. The van der Waals surface area contributed by atoms with Gasteiger partial charge in [-0.2, -0.15) is 0 Å². The summed E-state index contributed by atoms with van der Waals surface area (Å²) in [5, 5.41) is 3.21. The van der Waals surface area contributed by atoms with E-state index in [4.69, 9.17) is 0 Å². The highest BCUT2D eigenvalue weighted by Gasteiger charge is 2.28. The fourth-order valence-corrected chi connectivity index (χ4v) is 0.729. The van der Waals surface area contributed by atoms with E-state index in [0.29, 0.717) is 5.41 Å². The van der Waals surface area contributed by atoms with Gasteiger partial charge in [-0.3, -0.25) is 0 Å². The second-order valence-corrected chi connectivity index (χ2v) is 2.66. The maximum absolute atomic E-state index is 3.84. The Kier molecular flexibility index (Phi) is 1.08. The summed E-state index contributed by atoms with van der Waals surface area (Å²) in [6.45, 7) is 8.43. The van der Waals surface area contributed by atoms with Crippen LogP contribution in [-0.4, -0.2) is 13.1 Å². The van der Waals surface area contributed by atoms with E-state index in [9.17, 15) is 0 Å². The average Bonchev–Trinajstić information content (AvgIpc) is 1.61. The highest BCUT2D eigenvalue weighted by Crippen LogP contribution is 2.24. The van der Waals surface area contributed by atoms with Gasteiger partial charge in [-0.15, -0.1) is 0 Å². The Balaban J connectivity index is 2.29. The summed E-state index contributed by atoms with van der Waals surface area (Å²) < 4.78 is 0. The Hall–Kier alpha value is -0.0400. The van der Waals surface area contributed by atoms with Gasteiger partial charge in [0.1, 0.15) is 0 Å². The lowest BCUT2D eigenvalue weighted by atomic mass is 9.82. The Labute approximate surface area is 45.1 Å². The van der Waals surface area contributed by atoms with Gasteiger partial charge in [0.2, 0.25) is 0 Å². The molecule has 0 unspecified atom stereocenters. The van der Waals surface area contributed by atoms with Gasteiger partial charge in [0.05, 0.1) is 0 Å². The molecule has 1 radical (unpaired) electrons. The molecule has 0 aromatic rings. The predicted molar refractivity (Wildman–Crippen MR) is 31.0 cm³/mol. The quantitative estimate of drug-likeness (QED) is 0.512. The van der Waals surface area contributed by atoms with Crippen molar-refractivity contribution >= 4 is 0 Å². The smallest absolute Gasteiger partial charge is 0.00176 e. The lowest BCUT2D eigenvalue weighted by Crippen LogP contribution is -2.50. The van der Waals surface area contributed by atoms with E-state index in [-0.39, 0.29) is 0 Å². The van der Waals surface area contributed by atoms with Crippen molar-refractivity contribution in [3.63, 3.8) is 0 Å². The summed E-state index contributed by atoms with van der Waals surface area (Å²) >= 11 is 0. The SMILES string of the molecule is [CH2]CC1(C)CNC1. The fraction of sp³-hybridized carbons (Fsp3) is 0.833. The van der Waals surface area contributed by atoms with E-state index in [2.05, 4.69) is 19.2 Å². The van der Waals surface area contributed by atoms with Crippen molar-refractivity contribution in [1.29, 1.82) is 0 Å². The van der Waals surface area contributed by atoms with Gasteiger partial charge in [-0.05, 0) is 11.8 Å². The van der Waals surface area contributed by atoms with Crippen LogP contribution in [-0.2, 0) is 0 Å². The Morgan fingerprint density at radius 2 is 2.29 bits per heavy atom. The van der Waals surface area contributed by atoms with Crippen molar-refractivity contribution < 1.29 is 0 Å². The number of hydrogen-bond donors (Lipinski definition) is 1. The maximum Gasteiger partial charge on any atom is 0.00176 e. The van der Waals surface area contributed by atoms with E-state index in [1.165, 1.54) is 0 Å². The average molecular weight is 98.2 g/mol. The van der Waals surface area contributed by atoms with Crippen molar-refractivity contribution in [3.8, 4) is 0 Å². The third kappa shape index (κ3) is 0.778. The summed E-state index contributed by atoms with van der Waals surface area (Å²) in [4.78, 5) is 0. The van der Waals surface area contributed by atoms with Crippen LogP contribution in [0.15, 0.2) is 0 Å². The molecule has 1 heterocycles. The second-order valence-electron chi connectivity index (χ2n) is 2.66. The zero-order valence-electron chi connectivity index (χ0n) is 4.83. The molecule has 1 saturated heterocycles. The standard InChI is InChI=1S/C6H12N/c1-3-6(2)4-7-5-6/h7H,1,3-5H2,2H3. The summed E-state index contributed by atoms with van der Waals surface area (Å²) in [7, 11) is 0. The summed E-state index contributed by atoms with van der Waals surface area (Å²) in [6.07, 6.45) is 1.07. The van der Waals surface area contributed by atoms with Gasteiger partial charge in [-0.1, -0.05) is 13.8 Å². The normalized spacial score (nSPS) is 26.6. The first kappa shape index (κ1) is 5.10. The van der Waals surface area contributed by atoms with Gasteiger partial charge < -0.3 is 5.32 Å². The van der Waals surface area contributed by atoms with Crippen LogP contribution >= 0.6 is 0 Å². The summed E-state index contributed by atoms with van der Waals surface area (Å²) in [5.74, 6) is 0. The third-order valence-electron chi connectivity index (χ3n) is 1.71. The fourth-order valence-electron chi connectivity index (χ4n) is 0.729. The molecule has 1 aliphatic rings. The number of rotatable bonds is 1. The molecule has 1 aliphatic heterocycles. The summed E-state index contributed by atoms with van der Waals surface area (Å²) in [6, 6.07) is 0. The molecule has 1 heteroatoms. The zero-order chi connectivity index (χ0) is 5.33. The molecule has 41 valence electrons. The van der Waals surface area contributed by atoms with E-state index in [0.717, 1.165) is 19.5 Å².